The molecule has 4 aliphatic carbocycles. The molecule has 0 spiro atoms. The summed E-state index contributed by atoms with van der Waals surface area (Å²) in [7, 11) is 0. The van der Waals surface area contributed by atoms with Gasteiger partial charge in [0, 0.05) is 12.8 Å². The highest BCUT2D eigenvalue weighted by atomic mass is 16.3. The van der Waals surface area contributed by atoms with Gasteiger partial charge in [0.25, 0.3) is 0 Å². The normalized spacial score (nSPS) is 47.9. The van der Waals surface area contributed by atoms with E-state index in [9.17, 15) is 20.1 Å². The Hall–Kier alpha value is -0.710. The molecule has 4 rings (SSSR count). The van der Waals surface area contributed by atoms with E-state index in [0.717, 1.165) is 19.3 Å². The number of carbonyl (C=O) groups is 1. The molecule has 176 valence electrons. The molecule has 3 N–H and O–H groups in total. The van der Waals surface area contributed by atoms with Gasteiger partial charge in [-0.3, -0.25) is 4.79 Å². The molecule has 4 heteroatoms. The Kier molecular flexibility index (Phi) is 6.24. The Morgan fingerprint density at radius 2 is 1.68 bits per heavy atom. The molecule has 0 amide bonds. The molecule has 0 aliphatic heterocycles. The number of aliphatic hydroxyl groups excluding tert-OH is 3. The quantitative estimate of drug-likeness (QED) is 0.559. The van der Waals surface area contributed by atoms with Gasteiger partial charge in [0.2, 0.25) is 0 Å². The Morgan fingerprint density at radius 1 is 1.00 bits per heavy atom. The highest BCUT2D eigenvalue weighted by Crippen LogP contribution is 2.66. The van der Waals surface area contributed by atoms with Crippen molar-refractivity contribution < 1.29 is 20.1 Å². The first kappa shape index (κ1) is 23.4. The summed E-state index contributed by atoms with van der Waals surface area (Å²) in [6.07, 6.45) is 7.18. The van der Waals surface area contributed by atoms with Crippen molar-refractivity contribution in [2.45, 2.75) is 104 Å². The van der Waals surface area contributed by atoms with Crippen LogP contribution in [-0.2, 0) is 4.79 Å². The second-order valence-electron chi connectivity index (χ2n) is 12.5. The van der Waals surface area contributed by atoms with Crippen LogP contribution < -0.4 is 0 Å². The molecule has 0 radical (unpaired) electrons. The van der Waals surface area contributed by atoms with Gasteiger partial charge in [0.05, 0.1) is 18.3 Å². The van der Waals surface area contributed by atoms with Gasteiger partial charge >= 0.3 is 0 Å². The maximum absolute atomic E-state index is 12.5. The minimum absolute atomic E-state index is 0.0220. The largest absolute Gasteiger partial charge is 0.390 e. The molecular weight excluding hydrogens is 388 g/mol. The van der Waals surface area contributed by atoms with Crippen molar-refractivity contribution in [1.82, 2.24) is 0 Å². The second-order valence-corrected chi connectivity index (χ2v) is 12.5. The van der Waals surface area contributed by atoms with Crippen molar-refractivity contribution in [1.29, 1.82) is 0 Å². The lowest BCUT2D eigenvalue weighted by Gasteiger charge is -2.59. The van der Waals surface area contributed by atoms with Crippen LogP contribution in [0.2, 0.25) is 0 Å². The molecule has 10 unspecified atom stereocenters. The minimum atomic E-state index is -0.725. The van der Waals surface area contributed by atoms with Gasteiger partial charge in [-0.2, -0.15) is 0 Å². The fourth-order valence-electron chi connectivity index (χ4n) is 8.62. The van der Waals surface area contributed by atoms with Gasteiger partial charge in [-0.25, -0.2) is 0 Å². The average Bonchev–Trinajstić information content (AvgIpc) is 3.01. The number of ketones is 1. The lowest BCUT2D eigenvalue weighted by atomic mass is 9.47. The first-order valence-electron chi connectivity index (χ1n) is 12.7. The standard InChI is InChI=1S/C27H44O4/c1-15(2)10-17(28)11-16(3)19-6-7-20-18-12-23(29)22-13-24(30)25(31)14-27(22,5)21(18)8-9-26(19,20)4/h12,15-16,19-25,29-31H,6-11,13-14H2,1-5H3. The molecule has 3 fully saturated rings. The predicted molar refractivity (Wildman–Crippen MR) is 122 cm³/mol. The molecule has 0 bridgehead atoms. The monoisotopic (exact) mass is 432 g/mol. The number of fused-ring (bicyclic) bond motifs is 5. The molecule has 3 saturated carbocycles. The van der Waals surface area contributed by atoms with Crippen molar-refractivity contribution in [2.24, 2.45) is 46.3 Å². The second kappa shape index (κ2) is 8.25. The molecule has 0 aromatic carbocycles. The Morgan fingerprint density at radius 3 is 2.35 bits per heavy atom. The van der Waals surface area contributed by atoms with Crippen LogP contribution in [0.15, 0.2) is 11.6 Å². The molecule has 4 aliphatic rings. The van der Waals surface area contributed by atoms with Gasteiger partial charge in [-0.15, -0.1) is 0 Å². The van der Waals surface area contributed by atoms with Crippen molar-refractivity contribution in [3.05, 3.63) is 11.6 Å². The zero-order valence-electron chi connectivity index (χ0n) is 20.2. The van der Waals surface area contributed by atoms with Gasteiger partial charge in [-0.05, 0) is 84.9 Å². The lowest BCUT2D eigenvalue weighted by molar-refractivity contribution is -0.133. The van der Waals surface area contributed by atoms with Gasteiger partial charge in [-0.1, -0.05) is 46.3 Å². The lowest BCUT2D eigenvalue weighted by Crippen LogP contribution is -2.56. The van der Waals surface area contributed by atoms with Crippen molar-refractivity contribution in [3.8, 4) is 0 Å². The topological polar surface area (TPSA) is 77.8 Å². The van der Waals surface area contributed by atoms with Crippen LogP contribution in [-0.4, -0.2) is 39.4 Å². The third-order valence-corrected chi connectivity index (χ3v) is 10.1. The van der Waals surface area contributed by atoms with E-state index in [0.29, 0.717) is 61.1 Å². The first-order chi connectivity index (χ1) is 14.5. The summed E-state index contributed by atoms with van der Waals surface area (Å²) in [5.41, 5.74) is 1.46. The van der Waals surface area contributed by atoms with Crippen LogP contribution >= 0.6 is 0 Å². The maximum Gasteiger partial charge on any atom is 0.133 e. The van der Waals surface area contributed by atoms with Crippen molar-refractivity contribution in [2.75, 3.05) is 0 Å². The van der Waals surface area contributed by atoms with Gasteiger partial charge in [0.15, 0.2) is 0 Å². The summed E-state index contributed by atoms with van der Waals surface area (Å²) in [5.74, 6) is 2.66. The zero-order valence-corrected chi connectivity index (χ0v) is 20.2. The van der Waals surface area contributed by atoms with Crippen LogP contribution in [0.25, 0.3) is 0 Å². The van der Waals surface area contributed by atoms with Crippen LogP contribution in [0.4, 0.5) is 0 Å². The van der Waals surface area contributed by atoms with Crippen LogP contribution in [0.5, 0.6) is 0 Å². The number of carbonyl (C=O) groups excluding carboxylic acids is 1. The number of hydrogen-bond donors (Lipinski definition) is 3. The van der Waals surface area contributed by atoms with E-state index < -0.39 is 18.3 Å². The molecule has 10 atom stereocenters. The predicted octanol–water partition coefficient (Wildman–Crippen LogP) is 4.51. The third-order valence-electron chi connectivity index (χ3n) is 10.1. The molecule has 4 nitrogen and oxygen atoms in total. The average molecular weight is 433 g/mol. The Bertz CT molecular complexity index is 729. The number of aliphatic hydroxyl groups is 3. The highest BCUT2D eigenvalue weighted by Gasteiger charge is 2.60. The maximum atomic E-state index is 12.5. The fourth-order valence-corrected chi connectivity index (χ4v) is 8.62. The number of rotatable bonds is 5. The van der Waals surface area contributed by atoms with E-state index in [-0.39, 0.29) is 16.7 Å². The summed E-state index contributed by atoms with van der Waals surface area (Å²) in [6.45, 7) is 11.2. The summed E-state index contributed by atoms with van der Waals surface area (Å²) >= 11 is 0. The number of hydrogen-bond acceptors (Lipinski definition) is 4. The van der Waals surface area contributed by atoms with Crippen LogP contribution in [0.3, 0.4) is 0 Å². The smallest absolute Gasteiger partial charge is 0.133 e. The molecule has 0 aromatic rings. The van der Waals surface area contributed by atoms with E-state index in [4.69, 9.17) is 0 Å². The summed E-state index contributed by atoms with van der Waals surface area (Å²) in [5, 5.41) is 31.8. The molecule has 0 saturated heterocycles. The van der Waals surface area contributed by atoms with E-state index in [2.05, 4.69) is 40.7 Å². The van der Waals surface area contributed by atoms with Crippen LogP contribution in [0.1, 0.15) is 86.0 Å². The number of allylic oxidation sites excluding steroid dienone is 1. The summed E-state index contributed by atoms with van der Waals surface area (Å²) in [4.78, 5) is 12.5. The molecule has 0 aromatic heterocycles. The minimum Gasteiger partial charge on any atom is -0.390 e. The zero-order chi connectivity index (χ0) is 22.7. The fraction of sp³-hybridized carbons (Fsp3) is 0.889. The van der Waals surface area contributed by atoms with Crippen molar-refractivity contribution >= 4 is 5.78 Å². The third kappa shape index (κ3) is 3.85. The van der Waals surface area contributed by atoms with Gasteiger partial charge in [0.1, 0.15) is 5.78 Å². The first-order valence-corrected chi connectivity index (χ1v) is 12.7. The van der Waals surface area contributed by atoms with E-state index in [1.165, 1.54) is 12.0 Å². The van der Waals surface area contributed by atoms with Crippen molar-refractivity contribution in [3.63, 3.8) is 0 Å². The van der Waals surface area contributed by atoms with E-state index in [1.54, 1.807) is 0 Å². The summed E-state index contributed by atoms with van der Waals surface area (Å²) < 4.78 is 0. The molecule has 0 heterocycles. The Labute approximate surface area is 188 Å². The molecular formula is C27H44O4. The highest BCUT2D eigenvalue weighted by molar-refractivity contribution is 5.78. The van der Waals surface area contributed by atoms with E-state index >= 15 is 0 Å². The number of Topliss-reactive ketones (excluding diaryl/α,β-unsaturated/α-hetero) is 1. The van der Waals surface area contributed by atoms with Gasteiger partial charge < -0.3 is 15.3 Å². The SMILES string of the molecule is CC(C)CC(=O)CC(C)C1CCC2C3=CC(O)C4CC(O)C(O)CC4(C)C3CCC21C. The Balaban J connectivity index is 1.57. The molecule has 31 heavy (non-hydrogen) atoms. The summed E-state index contributed by atoms with van der Waals surface area (Å²) in [6, 6.07) is 0. The van der Waals surface area contributed by atoms with Crippen LogP contribution in [0, 0.1) is 46.3 Å². The van der Waals surface area contributed by atoms with E-state index in [1.807, 2.05) is 0 Å².